The number of hydrogen-bond donors (Lipinski definition) is 2. The van der Waals surface area contributed by atoms with Crippen LogP contribution in [0.25, 0.3) is 0 Å². The van der Waals surface area contributed by atoms with E-state index in [-0.39, 0.29) is 22.5 Å². The maximum atomic E-state index is 11.3. The van der Waals surface area contributed by atoms with Gasteiger partial charge in [0.15, 0.2) is 11.5 Å². The molecule has 2 N–H and O–H groups in total. The van der Waals surface area contributed by atoms with Crippen molar-refractivity contribution in [3.63, 3.8) is 0 Å². The third kappa shape index (κ3) is 2.51. The molecular weight excluding hydrogens is 244 g/mol. The maximum Gasteiger partial charge on any atom is 0.356 e. The predicted octanol–water partition coefficient (Wildman–Crippen LogP) is 0.705. The van der Waals surface area contributed by atoms with E-state index in [9.17, 15) is 9.59 Å². The number of nitrogens with zero attached hydrogens (tertiary/aromatic N) is 1. The Bertz CT molecular complexity index is 420. The van der Waals surface area contributed by atoms with Gasteiger partial charge in [-0.25, -0.2) is 9.78 Å². The molecule has 1 saturated heterocycles. The van der Waals surface area contributed by atoms with Crippen molar-refractivity contribution in [2.24, 2.45) is 0 Å². The molecule has 92 valence electrons. The normalized spacial score (nSPS) is 20.2. The lowest BCUT2D eigenvalue weighted by molar-refractivity contribution is 0.0274. The van der Waals surface area contributed by atoms with E-state index >= 15 is 0 Å². The molecule has 0 aromatic carbocycles. The molecule has 1 unspecified atom stereocenters. The molecule has 1 aromatic rings. The molecule has 1 atom stereocenters. The first-order chi connectivity index (χ1) is 8.09. The molecule has 0 saturated carbocycles. The fourth-order valence-corrected chi connectivity index (χ4v) is 2.58. The molecule has 0 aliphatic carbocycles. The Kier molecular flexibility index (Phi) is 3.51. The molecule has 0 amide bonds. The van der Waals surface area contributed by atoms with E-state index in [1.807, 2.05) is 0 Å². The number of carbonyl (C=O) groups excluding carboxylic acids is 1. The molecule has 1 aliphatic heterocycles. The van der Waals surface area contributed by atoms with E-state index < -0.39 is 5.97 Å². The number of carbonyl (C=O) groups is 2. The van der Waals surface area contributed by atoms with Gasteiger partial charge in [0.2, 0.25) is 0 Å². The summed E-state index contributed by atoms with van der Waals surface area (Å²) in [7, 11) is 0. The zero-order valence-electron chi connectivity index (χ0n) is 9.23. The fourth-order valence-electron chi connectivity index (χ4n) is 1.58. The zero-order valence-corrected chi connectivity index (χ0v) is 10.0. The lowest BCUT2D eigenvalue weighted by atomic mass is 10.3. The van der Waals surface area contributed by atoms with E-state index in [1.165, 1.54) is 6.92 Å². The number of Topliss-reactive ketones (excluding diaryl/α,β-unsaturated/α-hetero) is 1. The number of aromatic nitrogens is 1. The lowest BCUT2D eigenvalue weighted by Crippen LogP contribution is -2.33. The van der Waals surface area contributed by atoms with E-state index in [0.29, 0.717) is 18.2 Å². The monoisotopic (exact) mass is 256 g/mol. The molecule has 0 spiro atoms. The molecule has 17 heavy (non-hydrogen) atoms. The number of nitrogens with one attached hydrogen (secondary N) is 1. The fraction of sp³-hybridized carbons (Fsp3) is 0.500. The van der Waals surface area contributed by atoms with Crippen molar-refractivity contribution in [1.29, 1.82) is 0 Å². The Morgan fingerprint density at radius 1 is 1.59 bits per heavy atom. The summed E-state index contributed by atoms with van der Waals surface area (Å²) in [6.07, 6.45) is -0.264. The van der Waals surface area contributed by atoms with Crippen LogP contribution in [0.5, 0.6) is 0 Å². The van der Waals surface area contributed by atoms with Gasteiger partial charge in [-0.3, -0.25) is 4.79 Å². The number of carboxylic acids is 1. The van der Waals surface area contributed by atoms with Crippen LogP contribution in [0.2, 0.25) is 0 Å². The number of thiazole rings is 1. The number of ether oxygens (including phenoxy) is 1. The molecule has 7 heteroatoms. The van der Waals surface area contributed by atoms with Crippen molar-refractivity contribution < 1.29 is 19.4 Å². The van der Waals surface area contributed by atoms with Gasteiger partial charge >= 0.3 is 5.97 Å². The summed E-state index contributed by atoms with van der Waals surface area (Å²) in [6.45, 7) is 3.25. The maximum absolute atomic E-state index is 11.3. The van der Waals surface area contributed by atoms with Crippen molar-refractivity contribution in [3.05, 3.63) is 15.6 Å². The van der Waals surface area contributed by atoms with Crippen LogP contribution in [-0.2, 0) is 4.74 Å². The Labute approximate surface area is 102 Å². The number of aromatic carboxylic acids is 1. The molecule has 2 rings (SSSR count). The van der Waals surface area contributed by atoms with E-state index in [2.05, 4.69) is 10.3 Å². The zero-order chi connectivity index (χ0) is 12.4. The van der Waals surface area contributed by atoms with Crippen LogP contribution in [-0.4, -0.2) is 41.5 Å². The third-order valence-corrected chi connectivity index (χ3v) is 3.62. The number of rotatable bonds is 3. The summed E-state index contributed by atoms with van der Waals surface area (Å²) >= 11 is 1.10. The minimum atomic E-state index is -1.18. The van der Waals surface area contributed by atoms with Gasteiger partial charge in [-0.2, -0.15) is 0 Å². The van der Waals surface area contributed by atoms with E-state index in [1.54, 1.807) is 0 Å². The molecule has 0 radical (unpaired) electrons. The Morgan fingerprint density at radius 3 is 2.82 bits per heavy atom. The van der Waals surface area contributed by atoms with Gasteiger partial charge in [-0.15, -0.1) is 11.3 Å². The second kappa shape index (κ2) is 4.91. The third-order valence-electron chi connectivity index (χ3n) is 2.37. The van der Waals surface area contributed by atoms with E-state index in [4.69, 9.17) is 9.84 Å². The van der Waals surface area contributed by atoms with Gasteiger partial charge in [0.05, 0.1) is 6.61 Å². The molecule has 1 aliphatic rings. The Balaban J connectivity index is 2.32. The highest BCUT2D eigenvalue weighted by atomic mass is 32.1. The largest absolute Gasteiger partial charge is 0.476 e. The quantitative estimate of drug-likeness (QED) is 0.774. The smallest absolute Gasteiger partial charge is 0.356 e. The van der Waals surface area contributed by atoms with Gasteiger partial charge in [0, 0.05) is 20.0 Å². The molecular formula is C10H12N2O4S. The highest BCUT2D eigenvalue weighted by Gasteiger charge is 2.26. The standard InChI is InChI=1S/C10H12N2O4S/c1-5(13)8-7(10(14)15)12-9(17-8)6-4-11-2-3-16-6/h6,11H,2-4H2,1H3,(H,14,15). The Morgan fingerprint density at radius 2 is 2.35 bits per heavy atom. The summed E-state index contributed by atoms with van der Waals surface area (Å²) in [5.74, 6) is -1.46. The summed E-state index contributed by atoms with van der Waals surface area (Å²) in [5, 5.41) is 12.6. The van der Waals surface area contributed by atoms with Crippen LogP contribution >= 0.6 is 11.3 Å². The van der Waals surface area contributed by atoms with Crippen LogP contribution in [0.1, 0.15) is 38.2 Å². The average Bonchev–Trinajstić information content (AvgIpc) is 2.75. The van der Waals surface area contributed by atoms with Crippen LogP contribution in [0.3, 0.4) is 0 Å². The Hall–Kier alpha value is -1.31. The first kappa shape index (κ1) is 12.2. The van der Waals surface area contributed by atoms with Crippen molar-refractivity contribution in [1.82, 2.24) is 10.3 Å². The SMILES string of the molecule is CC(=O)c1sc(C2CNCCO2)nc1C(=O)O. The van der Waals surface area contributed by atoms with Crippen LogP contribution in [0.4, 0.5) is 0 Å². The molecule has 2 heterocycles. The van der Waals surface area contributed by atoms with Gasteiger partial charge in [0.25, 0.3) is 0 Å². The van der Waals surface area contributed by atoms with Gasteiger partial charge < -0.3 is 15.2 Å². The van der Waals surface area contributed by atoms with Crippen molar-refractivity contribution >= 4 is 23.1 Å². The summed E-state index contributed by atoms with van der Waals surface area (Å²) in [6, 6.07) is 0. The average molecular weight is 256 g/mol. The van der Waals surface area contributed by atoms with Crippen molar-refractivity contribution in [3.8, 4) is 0 Å². The highest BCUT2D eigenvalue weighted by molar-refractivity contribution is 7.14. The van der Waals surface area contributed by atoms with Gasteiger partial charge in [-0.1, -0.05) is 0 Å². The highest BCUT2D eigenvalue weighted by Crippen LogP contribution is 2.27. The topological polar surface area (TPSA) is 88.5 Å². The van der Waals surface area contributed by atoms with Crippen LogP contribution in [0, 0.1) is 0 Å². The summed E-state index contributed by atoms with van der Waals surface area (Å²) in [5.41, 5.74) is -0.174. The molecule has 0 bridgehead atoms. The molecule has 6 nitrogen and oxygen atoms in total. The lowest BCUT2D eigenvalue weighted by Gasteiger charge is -2.21. The summed E-state index contributed by atoms with van der Waals surface area (Å²) < 4.78 is 5.47. The van der Waals surface area contributed by atoms with Crippen LogP contribution in [0.15, 0.2) is 0 Å². The first-order valence-corrected chi connectivity index (χ1v) is 5.98. The first-order valence-electron chi connectivity index (χ1n) is 5.17. The van der Waals surface area contributed by atoms with Crippen LogP contribution < -0.4 is 5.32 Å². The van der Waals surface area contributed by atoms with Gasteiger partial charge in [0.1, 0.15) is 16.0 Å². The second-order valence-corrected chi connectivity index (χ2v) is 4.69. The molecule has 1 aromatic heterocycles. The number of morpholine rings is 1. The van der Waals surface area contributed by atoms with Crippen molar-refractivity contribution in [2.45, 2.75) is 13.0 Å². The van der Waals surface area contributed by atoms with E-state index in [0.717, 1.165) is 17.9 Å². The summed E-state index contributed by atoms with van der Waals surface area (Å²) in [4.78, 5) is 26.4. The predicted molar refractivity (Wildman–Crippen MR) is 60.6 cm³/mol. The van der Waals surface area contributed by atoms with Gasteiger partial charge in [-0.05, 0) is 0 Å². The molecule has 1 fully saturated rings. The minimum Gasteiger partial charge on any atom is -0.476 e. The minimum absolute atomic E-state index is 0.174. The number of hydrogen-bond acceptors (Lipinski definition) is 6. The van der Waals surface area contributed by atoms with Crippen molar-refractivity contribution in [2.75, 3.05) is 19.7 Å². The number of ketones is 1. The second-order valence-electron chi connectivity index (χ2n) is 3.65. The number of carboxylic acid groups (broad SMARTS) is 1.